The van der Waals surface area contributed by atoms with Crippen LogP contribution in [0, 0.1) is 10.1 Å². The van der Waals surface area contributed by atoms with Crippen molar-refractivity contribution >= 4 is 27.3 Å². The Bertz CT molecular complexity index is 804. The largest absolute Gasteiger partial charge is 0.325 e. The zero-order valence-electron chi connectivity index (χ0n) is 11.8. The van der Waals surface area contributed by atoms with Crippen LogP contribution in [0.4, 0.5) is 11.4 Å². The average Bonchev–Trinajstić information content (AvgIpc) is 2.54. The van der Waals surface area contributed by atoms with Crippen molar-refractivity contribution in [1.82, 2.24) is 4.72 Å². The first-order chi connectivity index (χ1) is 10.9. The lowest BCUT2D eigenvalue weighted by Crippen LogP contribution is -2.32. The van der Waals surface area contributed by atoms with E-state index in [-0.39, 0.29) is 10.6 Å². The molecule has 0 aliphatic heterocycles. The van der Waals surface area contributed by atoms with Crippen molar-refractivity contribution in [1.29, 1.82) is 0 Å². The monoisotopic (exact) mass is 335 g/mol. The van der Waals surface area contributed by atoms with E-state index in [1.807, 2.05) is 0 Å². The highest BCUT2D eigenvalue weighted by Gasteiger charge is 2.15. The molecule has 0 bridgehead atoms. The molecule has 0 unspecified atom stereocenters. The minimum atomic E-state index is -3.77. The molecule has 9 heteroatoms. The Morgan fingerprint density at radius 3 is 2.22 bits per heavy atom. The summed E-state index contributed by atoms with van der Waals surface area (Å²) < 4.78 is 26.1. The fourth-order valence-corrected chi connectivity index (χ4v) is 2.72. The second-order valence-corrected chi connectivity index (χ2v) is 6.26. The Kier molecular flexibility index (Phi) is 5.04. The van der Waals surface area contributed by atoms with Crippen molar-refractivity contribution in [2.24, 2.45) is 0 Å². The van der Waals surface area contributed by atoms with Crippen LogP contribution in [0.5, 0.6) is 0 Å². The molecular weight excluding hydrogens is 322 g/mol. The number of carbonyl (C=O) groups excluding carboxylic acids is 1. The molecule has 0 spiro atoms. The zero-order valence-corrected chi connectivity index (χ0v) is 12.6. The summed E-state index contributed by atoms with van der Waals surface area (Å²) in [6.45, 7) is -0.450. The number of nitrogens with one attached hydrogen (secondary N) is 2. The molecule has 8 nitrogen and oxygen atoms in total. The van der Waals surface area contributed by atoms with E-state index < -0.39 is 27.4 Å². The Hall–Kier alpha value is -2.78. The Morgan fingerprint density at radius 2 is 1.65 bits per heavy atom. The normalized spacial score (nSPS) is 11.0. The highest BCUT2D eigenvalue weighted by Crippen LogP contribution is 2.15. The van der Waals surface area contributed by atoms with Crippen LogP contribution in [0.2, 0.25) is 0 Å². The lowest BCUT2D eigenvalue weighted by Gasteiger charge is -2.07. The van der Waals surface area contributed by atoms with Gasteiger partial charge in [-0.05, 0) is 24.3 Å². The maximum absolute atomic E-state index is 11.9. The van der Waals surface area contributed by atoms with Gasteiger partial charge in [0.2, 0.25) is 15.9 Å². The van der Waals surface area contributed by atoms with Crippen molar-refractivity contribution in [3.63, 3.8) is 0 Å². The van der Waals surface area contributed by atoms with E-state index in [0.717, 1.165) is 0 Å². The number of nitro benzene ring substituents is 1. The number of benzene rings is 2. The van der Waals surface area contributed by atoms with Crippen LogP contribution >= 0.6 is 0 Å². The summed E-state index contributed by atoms with van der Waals surface area (Å²) in [4.78, 5) is 21.8. The summed E-state index contributed by atoms with van der Waals surface area (Å²) in [7, 11) is -3.77. The van der Waals surface area contributed by atoms with Gasteiger partial charge in [-0.25, -0.2) is 13.1 Å². The average molecular weight is 335 g/mol. The van der Waals surface area contributed by atoms with Gasteiger partial charge in [0, 0.05) is 17.8 Å². The zero-order chi connectivity index (χ0) is 16.9. The number of hydrogen-bond donors (Lipinski definition) is 2. The summed E-state index contributed by atoms with van der Waals surface area (Å²) in [5.74, 6) is -0.585. The molecular formula is C14H13N3O5S. The second kappa shape index (κ2) is 6.99. The third kappa shape index (κ3) is 4.59. The topological polar surface area (TPSA) is 118 Å². The summed E-state index contributed by atoms with van der Waals surface area (Å²) in [5.41, 5.74) is 0.229. The number of sulfonamides is 1. The van der Waals surface area contributed by atoms with E-state index in [0.29, 0.717) is 5.69 Å². The van der Waals surface area contributed by atoms with Crippen LogP contribution in [0.25, 0.3) is 0 Å². The number of rotatable bonds is 6. The molecule has 120 valence electrons. The highest BCUT2D eigenvalue weighted by atomic mass is 32.2. The molecule has 1 amide bonds. The first-order valence-corrected chi connectivity index (χ1v) is 7.96. The third-order valence-electron chi connectivity index (χ3n) is 2.84. The van der Waals surface area contributed by atoms with Crippen LogP contribution in [-0.2, 0) is 14.8 Å². The van der Waals surface area contributed by atoms with Gasteiger partial charge in [0.1, 0.15) is 0 Å². The molecule has 2 aromatic rings. The number of hydrogen-bond acceptors (Lipinski definition) is 5. The van der Waals surface area contributed by atoms with E-state index in [1.54, 1.807) is 18.2 Å². The fraction of sp³-hybridized carbons (Fsp3) is 0.0714. The van der Waals surface area contributed by atoms with E-state index in [2.05, 4.69) is 10.0 Å². The van der Waals surface area contributed by atoms with Gasteiger partial charge in [-0.2, -0.15) is 0 Å². The standard InChI is InChI=1S/C14H13N3O5S/c18-14(16-11-6-8-12(9-7-11)17(19)20)10-15-23(21,22)13-4-2-1-3-5-13/h1-9,15H,10H2,(H,16,18). The van der Waals surface area contributed by atoms with Crippen molar-refractivity contribution in [2.45, 2.75) is 4.90 Å². The molecule has 0 aliphatic rings. The first-order valence-electron chi connectivity index (χ1n) is 6.47. The molecule has 0 heterocycles. The molecule has 0 aromatic heterocycles. The summed E-state index contributed by atoms with van der Waals surface area (Å²) in [6.07, 6.45) is 0. The van der Waals surface area contributed by atoms with Crippen LogP contribution in [0.15, 0.2) is 59.5 Å². The smallest absolute Gasteiger partial charge is 0.269 e. The number of non-ortho nitro benzene ring substituents is 1. The van der Waals surface area contributed by atoms with Gasteiger partial charge in [-0.1, -0.05) is 18.2 Å². The maximum atomic E-state index is 11.9. The number of amides is 1. The van der Waals surface area contributed by atoms with E-state index >= 15 is 0 Å². The summed E-state index contributed by atoms with van der Waals surface area (Å²) in [5, 5.41) is 13.0. The second-order valence-electron chi connectivity index (χ2n) is 4.49. The van der Waals surface area contributed by atoms with Gasteiger partial charge in [-0.3, -0.25) is 14.9 Å². The first kappa shape index (κ1) is 16.6. The summed E-state index contributed by atoms with van der Waals surface area (Å²) >= 11 is 0. The molecule has 0 atom stereocenters. The highest BCUT2D eigenvalue weighted by molar-refractivity contribution is 7.89. The van der Waals surface area contributed by atoms with E-state index in [1.165, 1.54) is 36.4 Å². The molecule has 0 aliphatic carbocycles. The maximum Gasteiger partial charge on any atom is 0.269 e. The molecule has 2 N–H and O–H groups in total. The predicted octanol–water partition coefficient (Wildman–Crippen LogP) is 1.51. The number of nitrogens with zero attached hydrogens (tertiary/aromatic N) is 1. The molecule has 0 radical (unpaired) electrons. The van der Waals surface area contributed by atoms with Crippen LogP contribution < -0.4 is 10.0 Å². The van der Waals surface area contributed by atoms with Gasteiger partial charge in [0.15, 0.2) is 0 Å². The molecule has 2 aromatic carbocycles. The SMILES string of the molecule is O=C(CNS(=O)(=O)c1ccccc1)Nc1ccc([N+](=O)[O-])cc1. The van der Waals surface area contributed by atoms with Crippen molar-refractivity contribution in [3.05, 3.63) is 64.7 Å². The minimum Gasteiger partial charge on any atom is -0.325 e. The van der Waals surface area contributed by atoms with Gasteiger partial charge in [0.05, 0.1) is 16.4 Å². The number of carbonyl (C=O) groups is 1. The van der Waals surface area contributed by atoms with Crippen LogP contribution in [0.1, 0.15) is 0 Å². The predicted molar refractivity (Wildman–Crippen MR) is 83.4 cm³/mol. The lowest BCUT2D eigenvalue weighted by atomic mass is 10.3. The molecule has 23 heavy (non-hydrogen) atoms. The summed E-state index contributed by atoms with van der Waals surface area (Å²) in [6, 6.07) is 12.9. The van der Waals surface area contributed by atoms with Crippen LogP contribution in [0.3, 0.4) is 0 Å². The molecule has 0 fully saturated rings. The van der Waals surface area contributed by atoms with Gasteiger partial charge in [0.25, 0.3) is 5.69 Å². The van der Waals surface area contributed by atoms with Gasteiger partial charge in [-0.15, -0.1) is 0 Å². The van der Waals surface area contributed by atoms with Gasteiger partial charge >= 0.3 is 0 Å². The lowest BCUT2D eigenvalue weighted by molar-refractivity contribution is -0.384. The van der Waals surface area contributed by atoms with E-state index in [4.69, 9.17) is 0 Å². The quantitative estimate of drug-likeness (QED) is 0.613. The fourth-order valence-electron chi connectivity index (χ4n) is 1.72. The van der Waals surface area contributed by atoms with Crippen molar-refractivity contribution < 1.29 is 18.1 Å². The Morgan fingerprint density at radius 1 is 1.04 bits per heavy atom. The van der Waals surface area contributed by atoms with E-state index in [9.17, 15) is 23.3 Å². The van der Waals surface area contributed by atoms with Crippen molar-refractivity contribution in [3.8, 4) is 0 Å². The van der Waals surface area contributed by atoms with Crippen LogP contribution in [-0.4, -0.2) is 25.8 Å². The molecule has 0 saturated heterocycles. The van der Waals surface area contributed by atoms with Crippen molar-refractivity contribution in [2.75, 3.05) is 11.9 Å². The Balaban J connectivity index is 1.94. The molecule has 0 saturated carbocycles. The molecule has 2 rings (SSSR count). The third-order valence-corrected chi connectivity index (χ3v) is 4.26. The van der Waals surface area contributed by atoms with Gasteiger partial charge < -0.3 is 5.32 Å². The minimum absolute atomic E-state index is 0.0585. The number of anilines is 1. The Labute approximate surface area is 132 Å². The number of nitro groups is 1.